The smallest absolute Gasteiger partial charge is 0.0639 e. The van der Waals surface area contributed by atoms with Crippen LogP contribution in [0.4, 0.5) is 11.4 Å². The maximum Gasteiger partial charge on any atom is 0.0639 e. The SMILES string of the molecule is CC1CCc2ccc3c(c2N1C)N(C)CCC3. The Morgan fingerprint density at radius 2 is 1.76 bits per heavy atom. The fourth-order valence-corrected chi connectivity index (χ4v) is 3.28. The lowest BCUT2D eigenvalue weighted by molar-refractivity contribution is 0.595. The van der Waals surface area contributed by atoms with Crippen LogP contribution < -0.4 is 9.80 Å². The predicted octanol–water partition coefficient (Wildman–Crippen LogP) is 2.84. The van der Waals surface area contributed by atoms with E-state index >= 15 is 0 Å². The van der Waals surface area contributed by atoms with E-state index in [2.05, 4.69) is 43.0 Å². The van der Waals surface area contributed by atoms with E-state index in [-0.39, 0.29) is 0 Å². The number of fused-ring (bicyclic) bond motifs is 3. The Kier molecular flexibility index (Phi) is 2.53. The lowest BCUT2D eigenvalue weighted by Gasteiger charge is -2.40. The molecule has 0 bridgehead atoms. The van der Waals surface area contributed by atoms with E-state index < -0.39 is 0 Å². The van der Waals surface area contributed by atoms with Crippen LogP contribution in [0, 0.1) is 0 Å². The molecule has 1 atom stereocenters. The van der Waals surface area contributed by atoms with Crippen LogP contribution >= 0.6 is 0 Å². The number of hydrogen-bond donors (Lipinski definition) is 0. The maximum absolute atomic E-state index is 2.49. The van der Waals surface area contributed by atoms with Gasteiger partial charge in [-0.2, -0.15) is 0 Å². The van der Waals surface area contributed by atoms with Crippen LogP contribution in [0.25, 0.3) is 0 Å². The Morgan fingerprint density at radius 3 is 2.53 bits per heavy atom. The van der Waals surface area contributed by atoms with Crippen LogP contribution in [0.3, 0.4) is 0 Å². The van der Waals surface area contributed by atoms with E-state index in [1.54, 1.807) is 5.56 Å². The standard InChI is InChI=1S/C15H22N2/c1-11-6-7-13-9-8-12-5-4-10-16(2)14(12)15(13)17(11)3/h8-9,11H,4-7,10H2,1-3H3. The number of aryl methyl sites for hydroxylation is 2. The number of hydrogen-bond acceptors (Lipinski definition) is 2. The van der Waals surface area contributed by atoms with E-state index in [1.165, 1.54) is 49.2 Å². The van der Waals surface area contributed by atoms with E-state index in [1.807, 2.05) is 0 Å². The highest BCUT2D eigenvalue weighted by Crippen LogP contribution is 2.42. The van der Waals surface area contributed by atoms with Gasteiger partial charge in [0.05, 0.1) is 11.4 Å². The Morgan fingerprint density at radius 1 is 1.06 bits per heavy atom. The van der Waals surface area contributed by atoms with Crippen molar-refractivity contribution in [1.82, 2.24) is 0 Å². The second kappa shape index (κ2) is 3.94. The first-order valence-electron chi connectivity index (χ1n) is 6.77. The molecule has 0 amide bonds. The van der Waals surface area contributed by atoms with Gasteiger partial charge in [-0.1, -0.05) is 12.1 Å². The molecule has 2 aliphatic rings. The topological polar surface area (TPSA) is 6.48 Å². The van der Waals surface area contributed by atoms with Gasteiger partial charge in [0.15, 0.2) is 0 Å². The zero-order valence-corrected chi connectivity index (χ0v) is 11.2. The summed E-state index contributed by atoms with van der Waals surface area (Å²) in [5.41, 5.74) is 6.09. The highest BCUT2D eigenvalue weighted by atomic mass is 15.2. The Bertz CT molecular complexity index is 439. The van der Waals surface area contributed by atoms with Crippen LogP contribution in [0.5, 0.6) is 0 Å². The minimum absolute atomic E-state index is 0.671. The van der Waals surface area contributed by atoms with E-state index in [4.69, 9.17) is 0 Å². The normalized spacial score (nSPS) is 23.4. The molecule has 2 nitrogen and oxygen atoms in total. The lowest BCUT2D eigenvalue weighted by atomic mass is 9.91. The maximum atomic E-state index is 2.49. The lowest BCUT2D eigenvalue weighted by Crippen LogP contribution is -2.36. The van der Waals surface area contributed by atoms with Crippen molar-refractivity contribution >= 4 is 11.4 Å². The third-order valence-electron chi connectivity index (χ3n) is 4.49. The second-order valence-corrected chi connectivity index (χ2v) is 5.60. The first-order chi connectivity index (χ1) is 8.18. The zero-order chi connectivity index (χ0) is 12.0. The molecule has 3 rings (SSSR count). The summed E-state index contributed by atoms with van der Waals surface area (Å²) in [5, 5.41) is 0. The van der Waals surface area contributed by atoms with Crippen molar-refractivity contribution in [3.05, 3.63) is 23.3 Å². The van der Waals surface area contributed by atoms with Gasteiger partial charge in [-0.05, 0) is 43.7 Å². The van der Waals surface area contributed by atoms with Crippen LogP contribution in [0.15, 0.2) is 12.1 Å². The summed E-state index contributed by atoms with van der Waals surface area (Å²) in [6.07, 6.45) is 5.06. The Labute approximate surface area is 104 Å². The van der Waals surface area contributed by atoms with Crippen LogP contribution in [-0.4, -0.2) is 26.7 Å². The minimum atomic E-state index is 0.671. The fraction of sp³-hybridized carbons (Fsp3) is 0.600. The van der Waals surface area contributed by atoms with Gasteiger partial charge in [-0.3, -0.25) is 0 Å². The second-order valence-electron chi connectivity index (χ2n) is 5.60. The highest BCUT2D eigenvalue weighted by molar-refractivity contribution is 5.79. The van der Waals surface area contributed by atoms with Gasteiger partial charge < -0.3 is 9.80 Å². The van der Waals surface area contributed by atoms with Gasteiger partial charge in [-0.25, -0.2) is 0 Å². The van der Waals surface area contributed by atoms with Crippen LogP contribution in [0.1, 0.15) is 30.9 Å². The molecule has 1 aromatic rings. The van der Waals surface area contributed by atoms with Crippen molar-refractivity contribution in [2.45, 2.75) is 38.6 Å². The predicted molar refractivity (Wildman–Crippen MR) is 74.2 cm³/mol. The summed E-state index contributed by atoms with van der Waals surface area (Å²) in [6.45, 7) is 3.54. The largest absolute Gasteiger partial charge is 0.373 e. The molecule has 2 heterocycles. The molecular weight excluding hydrogens is 208 g/mol. The van der Waals surface area contributed by atoms with Crippen molar-refractivity contribution in [3.63, 3.8) is 0 Å². The van der Waals surface area contributed by atoms with Gasteiger partial charge in [0.2, 0.25) is 0 Å². The Hall–Kier alpha value is -1.18. The van der Waals surface area contributed by atoms with Crippen molar-refractivity contribution in [2.75, 3.05) is 30.4 Å². The molecule has 17 heavy (non-hydrogen) atoms. The van der Waals surface area contributed by atoms with Gasteiger partial charge in [0, 0.05) is 26.7 Å². The molecule has 0 spiro atoms. The first kappa shape index (κ1) is 10.9. The van der Waals surface area contributed by atoms with Crippen LogP contribution in [-0.2, 0) is 12.8 Å². The summed E-state index contributed by atoms with van der Waals surface area (Å²) >= 11 is 0. The molecule has 1 unspecified atom stereocenters. The van der Waals surface area contributed by atoms with E-state index in [0.29, 0.717) is 6.04 Å². The first-order valence-corrected chi connectivity index (χ1v) is 6.77. The minimum Gasteiger partial charge on any atom is -0.373 e. The molecule has 1 aromatic carbocycles. The monoisotopic (exact) mass is 230 g/mol. The number of nitrogens with zero attached hydrogens (tertiary/aromatic N) is 2. The number of anilines is 2. The molecular formula is C15H22N2. The van der Waals surface area contributed by atoms with Gasteiger partial charge in [0.25, 0.3) is 0 Å². The van der Waals surface area contributed by atoms with Gasteiger partial charge >= 0.3 is 0 Å². The number of rotatable bonds is 0. The molecule has 2 heteroatoms. The van der Waals surface area contributed by atoms with E-state index in [9.17, 15) is 0 Å². The van der Waals surface area contributed by atoms with Gasteiger partial charge in [-0.15, -0.1) is 0 Å². The van der Waals surface area contributed by atoms with E-state index in [0.717, 1.165) is 0 Å². The highest BCUT2D eigenvalue weighted by Gasteiger charge is 2.27. The average Bonchev–Trinajstić information content (AvgIpc) is 2.34. The molecule has 0 N–H and O–H groups in total. The summed E-state index contributed by atoms with van der Waals surface area (Å²) in [4.78, 5) is 4.94. The summed E-state index contributed by atoms with van der Waals surface area (Å²) in [6, 6.07) is 5.38. The quantitative estimate of drug-likeness (QED) is 0.676. The summed E-state index contributed by atoms with van der Waals surface area (Å²) in [7, 11) is 4.50. The third kappa shape index (κ3) is 1.62. The third-order valence-corrected chi connectivity index (χ3v) is 4.49. The molecule has 0 saturated carbocycles. The molecule has 0 aromatic heterocycles. The number of benzene rings is 1. The molecule has 92 valence electrons. The fourth-order valence-electron chi connectivity index (χ4n) is 3.28. The van der Waals surface area contributed by atoms with Crippen molar-refractivity contribution in [1.29, 1.82) is 0 Å². The van der Waals surface area contributed by atoms with Crippen molar-refractivity contribution in [2.24, 2.45) is 0 Å². The molecule has 0 fully saturated rings. The van der Waals surface area contributed by atoms with Gasteiger partial charge in [0.1, 0.15) is 0 Å². The zero-order valence-electron chi connectivity index (χ0n) is 11.2. The molecule has 0 saturated heterocycles. The molecule has 0 aliphatic carbocycles. The average molecular weight is 230 g/mol. The Balaban J connectivity index is 2.18. The summed E-state index contributed by atoms with van der Waals surface area (Å²) < 4.78 is 0. The molecule has 2 aliphatic heterocycles. The van der Waals surface area contributed by atoms with Crippen LogP contribution in [0.2, 0.25) is 0 Å². The molecule has 0 radical (unpaired) electrons. The van der Waals surface area contributed by atoms with Crippen molar-refractivity contribution < 1.29 is 0 Å². The van der Waals surface area contributed by atoms with Crippen molar-refractivity contribution in [3.8, 4) is 0 Å². The summed E-state index contributed by atoms with van der Waals surface area (Å²) in [5.74, 6) is 0.